The second kappa shape index (κ2) is 7.60. The summed E-state index contributed by atoms with van der Waals surface area (Å²) >= 11 is 0. The van der Waals surface area contributed by atoms with Gasteiger partial charge in [-0.3, -0.25) is 24.6 Å². The van der Waals surface area contributed by atoms with Crippen molar-refractivity contribution in [2.24, 2.45) is 0 Å². The molecule has 1 saturated heterocycles. The lowest BCUT2D eigenvalue weighted by Gasteiger charge is -2.20. The molecule has 8 nitrogen and oxygen atoms in total. The molecular weight excluding hydrogens is 324 g/mol. The summed E-state index contributed by atoms with van der Waals surface area (Å²) in [4.78, 5) is 37.1. The number of hydrogen-bond donors (Lipinski definition) is 2. The molecule has 0 aliphatic carbocycles. The van der Waals surface area contributed by atoms with Crippen LogP contribution >= 0.6 is 0 Å². The van der Waals surface area contributed by atoms with Crippen LogP contribution in [0.4, 0.5) is 11.4 Å². The van der Waals surface area contributed by atoms with Crippen molar-refractivity contribution in [2.45, 2.75) is 46.2 Å². The Morgan fingerprint density at radius 3 is 2.52 bits per heavy atom. The molecule has 1 unspecified atom stereocenters. The zero-order valence-electron chi connectivity index (χ0n) is 15.0. The molecule has 0 bridgehead atoms. The van der Waals surface area contributed by atoms with E-state index >= 15 is 0 Å². The van der Waals surface area contributed by atoms with Gasteiger partial charge < -0.3 is 10.6 Å². The maximum Gasteiger partial charge on any atom is 0.313 e. The number of carbonyl (C=O) groups excluding carboxylic acids is 2. The van der Waals surface area contributed by atoms with Crippen LogP contribution in [0, 0.1) is 24.0 Å². The highest BCUT2D eigenvalue weighted by atomic mass is 16.6. The molecule has 1 heterocycles. The van der Waals surface area contributed by atoms with Crippen molar-refractivity contribution < 1.29 is 14.5 Å². The quantitative estimate of drug-likeness (QED) is 0.490. The molecule has 0 radical (unpaired) electrons. The Morgan fingerprint density at radius 1 is 1.28 bits per heavy atom. The minimum atomic E-state index is -0.810. The average Bonchev–Trinajstić information content (AvgIpc) is 2.99. The van der Waals surface area contributed by atoms with E-state index in [4.69, 9.17) is 0 Å². The summed E-state index contributed by atoms with van der Waals surface area (Å²) in [7, 11) is 0. The second-order valence-corrected chi connectivity index (χ2v) is 6.66. The van der Waals surface area contributed by atoms with Crippen molar-refractivity contribution in [1.29, 1.82) is 0 Å². The highest BCUT2D eigenvalue weighted by Gasteiger charge is 2.28. The van der Waals surface area contributed by atoms with Gasteiger partial charge in [0.25, 0.3) is 5.69 Å². The number of nitro groups is 1. The smallest absolute Gasteiger partial charge is 0.313 e. The Balaban J connectivity index is 2.04. The number of nitrogens with zero attached hydrogens (tertiary/aromatic N) is 2. The van der Waals surface area contributed by atoms with Gasteiger partial charge in [-0.05, 0) is 39.7 Å². The highest BCUT2D eigenvalue weighted by Crippen LogP contribution is 2.28. The summed E-state index contributed by atoms with van der Waals surface area (Å²) in [5.41, 5.74) is 1.21. The molecule has 0 aromatic heterocycles. The van der Waals surface area contributed by atoms with Gasteiger partial charge in [0.15, 0.2) is 0 Å². The van der Waals surface area contributed by atoms with Gasteiger partial charge in [0, 0.05) is 31.2 Å². The highest BCUT2D eigenvalue weighted by molar-refractivity contribution is 6.39. The lowest BCUT2D eigenvalue weighted by Crippen LogP contribution is -2.43. The van der Waals surface area contributed by atoms with E-state index in [1.807, 2.05) is 0 Å². The first-order valence-corrected chi connectivity index (χ1v) is 8.31. The summed E-state index contributed by atoms with van der Waals surface area (Å²) in [5.74, 6) is -1.53. The van der Waals surface area contributed by atoms with Crippen LogP contribution in [-0.2, 0) is 9.59 Å². The predicted octanol–water partition coefficient (Wildman–Crippen LogP) is 1.75. The Bertz CT molecular complexity index is 702. The molecular formula is C17H24N4O4. The van der Waals surface area contributed by atoms with Crippen LogP contribution < -0.4 is 10.6 Å². The fourth-order valence-corrected chi connectivity index (χ4v) is 3.02. The number of nitro benzene ring substituents is 1. The van der Waals surface area contributed by atoms with Crippen molar-refractivity contribution in [3.63, 3.8) is 0 Å². The summed E-state index contributed by atoms with van der Waals surface area (Å²) in [5, 5.41) is 16.3. The largest absolute Gasteiger partial charge is 0.344 e. The van der Waals surface area contributed by atoms with Crippen LogP contribution in [0.25, 0.3) is 0 Å². The van der Waals surface area contributed by atoms with E-state index in [1.54, 1.807) is 19.9 Å². The minimum Gasteiger partial charge on any atom is -0.344 e. The second-order valence-electron chi connectivity index (χ2n) is 6.66. The number of hydrogen-bond acceptors (Lipinski definition) is 5. The van der Waals surface area contributed by atoms with Gasteiger partial charge in [0.1, 0.15) is 0 Å². The maximum atomic E-state index is 12.2. The normalized spacial score (nSPS) is 17.6. The number of rotatable bonds is 4. The van der Waals surface area contributed by atoms with E-state index in [2.05, 4.69) is 29.4 Å². The van der Waals surface area contributed by atoms with Crippen LogP contribution in [0.5, 0.6) is 0 Å². The van der Waals surface area contributed by atoms with Crippen molar-refractivity contribution in [2.75, 3.05) is 18.4 Å². The summed E-state index contributed by atoms with van der Waals surface area (Å²) < 4.78 is 0. The van der Waals surface area contributed by atoms with Gasteiger partial charge in [-0.25, -0.2) is 0 Å². The van der Waals surface area contributed by atoms with Crippen molar-refractivity contribution in [3.8, 4) is 0 Å². The summed E-state index contributed by atoms with van der Waals surface area (Å²) in [6.45, 7) is 9.05. The zero-order valence-corrected chi connectivity index (χ0v) is 15.0. The van der Waals surface area contributed by atoms with Crippen LogP contribution in [-0.4, -0.2) is 46.8 Å². The van der Waals surface area contributed by atoms with E-state index in [0.717, 1.165) is 13.0 Å². The first-order chi connectivity index (χ1) is 11.7. The average molecular weight is 348 g/mol. The monoisotopic (exact) mass is 348 g/mol. The fraction of sp³-hybridized carbons (Fsp3) is 0.529. The molecule has 1 aromatic rings. The number of carbonyl (C=O) groups is 2. The first-order valence-electron chi connectivity index (χ1n) is 8.31. The van der Waals surface area contributed by atoms with Crippen molar-refractivity contribution >= 4 is 23.2 Å². The fourth-order valence-electron chi connectivity index (χ4n) is 3.02. The SMILES string of the molecule is Cc1ccc([N+](=O)[O-])c(C)c1NC(=O)C(=O)NC1CCN(C(C)C)C1. The number of anilines is 1. The number of likely N-dealkylation sites (tertiary alicyclic amines) is 1. The molecule has 2 N–H and O–H groups in total. The summed E-state index contributed by atoms with van der Waals surface area (Å²) in [6.07, 6.45) is 0.798. The van der Waals surface area contributed by atoms with Gasteiger partial charge in [-0.2, -0.15) is 0 Å². The molecule has 0 spiro atoms. The van der Waals surface area contributed by atoms with E-state index in [9.17, 15) is 19.7 Å². The zero-order chi connectivity index (χ0) is 18.7. The molecule has 1 fully saturated rings. The van der Waals surface area contributed by atoms with E-state index in [0.29, 0.717) is 29.4 Å². The Kier molecular flexibility index (Phi) is 5.73. The third kappa shape index (κ3) is 4.33. The first kappa shape index (κ1) is 18.9. The van der Waals surface area contributed by atoms with Gasteiger partial charge in [0.05, 0.1) is 16.2 Å². The van der Waals surface area contributed by atoms with Crippen molar-refractivity contribution in [3.05, 3.63) is 33.4 Å². The lowest BCUT2D eigenvalue weighted by molar-refractivity contribution is -0.385. The molecule has 1 aromatic carbocycles. The summed E-state index contributed by atoms with van der Waals surface area (Å²) in [6, 6.07) is 3.27. The maximum absolute atomic E-state index is 12.2. The number of aryl methyl sites for hydroxylation is 1. The van der Waals surface area contributed by atoms with Crippen molar-refractivity contribution in [1.82, 2.24) is 10.2 Å². The minimum absolute atomic E-state index is 0.0621. The van der Waals surface area contributed by atoms with Gasteiger partial charge in [-0.15, -0.1) is 0 Å². The van der Waals surface area contributed by atoms with Gasteiger partial charge in [-0.1, -0.05) is 6.07 Å². The number of amides is 2. The van der Waals surface area contributed by atoms with Crippen LogP contribution in [0.3, 0.4) is 0 Å². The molecule has 136 valence electrons. The molecule has 2 amide bonds. The van der Waals surface area contributed by atoms with Gasteiger partial charge in [0.2, 0.25) is 0 Å². The molecule has 0 saturated carbocycles. The molecule has 8 heteroatoms. The van der Waals surface area contributed by atoms with E-state index in [1.165, 1.54) is 6.07 Å². The van der Waals surface area contributed by atoms with Crippen LogP contribution in [0.2, 0.25) is 0 Å². The Labute approximate surface area is 146 Å². The number of benzene rings is 1. The molecule has 1 aliphatic rings. The molecule has 25 heavy (non-hydrogen) atoms. The molecule has 2 rings (SSSR count). The Morgan fingerprint density at radius 2 is 1.96 bits per heavy atom. The van der Waals surface area contributed by atoms with E-state index < -0.39 is 16.7 Å². The Hall–Kier alpha value is -2.48. The predicted molar refractivity (Wildman–Crippen MR) is 94.5 cm³/mol. The van der Waals surface area contributed by atoms with Crippen LogP contribution in [0.1, 0.15) is 31.4 Å². The topological polar surface area (TPSA) is 105 Å². The lowest BCUT2D eigenvalue weighted by atomic mass is 10.1. The number of nitrogens with one attached hydrogen (secondary N) is 2. The standard InChI is InChI=1S/C17H24N4O4/c1-10(2)20-8-7-13(9-20)18-16(22)17(23)19-15-11(3)5-6-14(12(15)4)21(24)25/h5-6,10,13H,7-9H2,1-4H3,(H,18,22)(H,19,23). The molecule has 1 aliphatic heterocycles. The van der Waals surface area contributed by atoms with Crippen LogP contribution in [0.15, 0.2) is 12.1 Å². The van der Waals surface area contributed by atoms with E-state index in [-0.39, 0.29) is 11.7 Å². The third-order valence-electron chi connectivity index (χ3n) is 4.57. The van der Waals surface area contributed by atoms with Gasteiger partial charge >= 0.3 is 11.8 Å². The molecule has 1 atom stereocenters. The third-order valence-corrected chi connectivity index (χ3v) is 4.57.